The minimum absolute atomic E-state index is 0.160. The number of rotatable bonds is 1. The smallest absolute Gasteiger partial charge is 0.188 e. The molecule has 11 heavy (non-hydrogen) atoms. The van der Waals surface area contributed by atoms with Gasteiger partial charge in [0.2, 0.25) is 0 Å². The second-order valence-corrected chi connectivity index (χ2v) is 4.47. The van der Waals surface area contributed by atoms with Crippen molar-refractivity contribution in [3.05, 3.63) is 11.8 Å². The van der Waals surface area contributed by atoms with Crippen LogP contribution in [0.15, 0.2) is 16.8 Å². The van der Waals surface area contributed by atoms with Crippen LogP contribution in [0.1, 0.15) is 20.8 Å². The van der Waals surface area contributed by atoms with Gasteiger partial charge in [0.05, 0.1) is 0 Å². The average Bonchev–Trinajstić information content (AvgIpc) is 1.85. The van der Waals surface area contributed by atoms with Crippen molar-refractivity contribution in [1.82, 2.24) is 0 Å². The Labute approximate surface area is 67.8 Å². The predicted molar refractivity (Wildman–Crippen MR) is 47.4 cm³/mol. The van der Waals surface area contributed by atoms with E-state index in [1.54, 1.807) is 13.0 Å². The fourth-order valence-corrected chi connectivity index (χ4v) is 0.706. The van der Waals surface area contributed by atoms with Crippen LogP contribution in [-0.2, 0) is 9.84 Å². The highest BCUT2D eigenvalue weighted by Gasteiger charge is 2.05. The zero-order valence-electron chi connectivity index (χ0n) is 7.25. The number of sulfone groups is 1. The molecule has 0 aliphatic rings. The monoisotopic (exact) mass is 175 g/mol. The highest BCUT2D eigenvalue weighted by Crippen LogP contribution is 1.98. The quantitative estimate of drug-likeness (QED) is 0.446. The van der Waals surface area contributed by atoms with E-state index in [2.05, 4.69) is 4.99 Å². The van der Waals surface area contributed by atoms with Crippen LogP contribution >= 0.6 is 0 Å². The average molecular weight is 175 g/mol. The molecular formula is C7H13NO2S. The molecule has 64 valence electrons. The standard InChI is InChI=1S/C7H13NO2S/c1-5-6(2)8-7(3)11(4,9)10/h5H,1-4H3/b6-5-,8-7+. The molecule has 0 heterocycles. The fourth-order valence-electron chi connectivity index (χ4n) is 0.396. The number of allylic oxidation sites excluding steroid dienone is 2. The first kappa shape index (κ1) is 10.4. The molecule has 0 aromatic rings. The minimum Gasteiger partial charge on any atom is -0.247 e. The Balaban J connectivity index is 4.77. The molecule has 0 bridgehead atoms. The lowest BCUT2D eigenvalue weighted by atomic mass is 10.5. The van der Waals surface area contributed by atoms with Crippen molar-refractivity contribution in [2.45, 2.75) is 20.8 Å². The third-order valence-electron chi connectivity index (χ3n) is 1.29. The van der Waals surface area contributed by atoms with E-state index in [1.807, 2.05) is 6.92 Å². The summed E-state index contributed by atoms with van der Waals surface area (Å²) >= 11 is 0. The Morgan fingerprint density at radius 1 is 1.36 bits per heavy atom. The summed E-state index contributed by atoms with van der Waals surface area (Å²) in [5.41, 5.74) is 0.716. The van der Waals surface area contributed by atoms with Gasteiger partial charge >= 0.3 is 0 Å². The normalized spacial score (nSPS) is 15.3. The molecule has 0 radical (unpaired) electrons. The van der Waals surface area contributed by atoms with Crippen molar-refractivity contribution in [2.75, 3.05) is 6.26 Å². The number of aliphatic imine (C=N–C) groups is 1. The van der Waals surface area contributed by atoms with E-state index in [4.69, 9.17) is 0 Å². The molecule has 0 fully saturated rings. The molecule has 0 saturated heterocycles. The van der Waals surface area contributed by atoms with Crippen LogP contribution < -0.4 is 0 Å². The maximum absolute atomic E-state index is 10.8. The highest BCUT2D eigenvalue weighted by atomic mass is 32.2. The van der Waals surface area contributed by atoms with Gasteiger partial charge in [-0.3, -0.25) is 0 Å². The first-order chi connectivity index (χ1) is 4.88. The molecule has 0 aromatic carbocycles. The summed E-state index contributed by atoms with van der Waals surface area (Å²) in [5, 5.41) is 0.160. The van der Waals surface area contributed by atoms with Crippen LogP contribution in [0.5, 0.6) is 0 Å². The third-order valence-corrected chi connectivity index (χ3v) is 2.45. The lowest BCUT2D eigenvalue weighted by Gasteiger charge is -1.95. The van der Waals surface area contributed by atoms with Crippen LogP contribution in [0.4, 0.5) is 0 Å². The Bertz CT molecular complexity index is 286. The molecule has 0 spiro atoms. The van der Waals surface area contributed by atoms with E-state index in [0.29, 0.717) is 5.70 Å². The van der Waals surface area contributed by atoms with Gasteiger partial charge in [-0.25, -0.2) is 13.4 Å². The van der Waals surface area contributed by atoms with Crippen LogP contribution in [0.3, 0.4) is 0 Å². The number of nitrogens with zero attached hydrogens (tertiary/aromatic N) is 1. The molecule has 0 N–H and O–H groups in total. The van der Waals surface area contributed by atoms with Gasteiger partial charge in [0.1, 0.15) is 5.04 Å². The molecule has 0 unspecified atom stereocenters. The zero-order valence-corrected chi connectivity index (χ0v) is 8.07. The molecule has 0 atom stereocenters. The van der Waals surface area contributed by atoms with E-state index >= 15 is 0 Å². The molecule has 4 heteroatoms. The molecule has 0 aromatic heterocycles. The minimum atomic E-state index is -3.10. The first-order valence-electron chi connectivity index (χ1n) is 3.26. The topological polar surface area (TPSA) is 46.5 Å². The lowest BCUT2D eigenvalue weighted by molar-refractivity contribution is 0.612. The number of hydrogen-bond donors (Lipinski definition) is 0. The highest BCUT2D eigenvalue weighted by molar-refractivity contribution is 8.05. The summed E-state index contributed by atoms with van der Waals surface area (Å²) in [7, 11) is -3.10. The van der Waals surface area contributed by atoms with E-state index in [0.717, 1.165) is 6.26 Å². The maximum atomic E-state index is 10.8. The van der Waals surface area contributed by atoms with Crippen LogP contribution in [0.25, 0.3) is 0 Å². The van der Waals surface area contributed by atoms with E-state index in [-0.39, 0.29) is 5.04 Å². The number of hydrogen-bond acceptors (Lipinski definition) is 3. The Hall–Kier alpha value is -0.640. The Kier molecular flexibility index (Phi) is 3.45. The zero-order chi connectivity index (χ0) is 9.07. The van der Waals surface area contributed by atoms with E-state index < -0.39 is 9.84 Å². The van der Waals surface area contributed by atoms with Crippen LogP contribution in [0, 0.1) is 0 Å². The molecule has 0 saturated carbocycles. The van der Waals surface area contributed by atoms with Gasteiger partial charge in [-0.1, -0.05) is 6.08 Å². The fraction of sp³-hybridized carbons (Fsp3) is 0.571. The van der Waals surface area contributed by atoms with Gasteiger partial charge in [-0.15, -0.1) is 0 Å². The van der Waals surface area contributed by atoms with Gasteiger partial charge in [-0.2, -0.15) is 0 Å². The van der Waals surface area contributed by atoms with Crippen molar-refractivity contribution < 1.29 is 8.42 Å². The van der Waals surface area contributed by atoms with Crippen molar-refractivity contribution in [3.8, 4) is 0 Å². The predicted octanol–water partition coefficient (Wildman–Crippen LogP) is 1.37. The summed E-state index contributed by atoms with van der Waals surface area (Å²) in [6.07, 6.45) is 2.91. The summed E-state index contributed by atoms with van der Waals surface area (Å²) < 4.78 is 21.6. The van der Waals surface area contributed by atoms with Gasteiger partial charge in [-0.05, 0) is 20.8 Å². The van der Waals surface area contributed by atoms with E-state index in [1.165, 1.54) is 6.92 Å². The summed E-state index contributed by atoms with van der Waals surface area (Å²) in [6, 6.07) is 0. The van der Waals surface area contributed by atoms with Gasteiger partial charge in [0, 0.05) is 12.0 Å². The molecule has 3 nitrogen and oxygen atoms in total. The van der Waals surface area contributed by atoms with Crippen molar-refractivity contribution in [3.63, 3.8) is 0 Å². The second-order valence-electron chi connectivity index (χ2n) is 2.33. The molecule has 0 aliphatic carbocycles. The Morgan fingerprint density at radius 2 is 1.82 bits per heavy atom. The Morgan fingerprint density at radius 3 is 2.09 bits per heavy atom. The van der Waals surface area contributed by atoms with Gasteiger partial charge in [0.15, 0.2) is 9.84 Å². The largest absolute Gasteiger partial charge is 0.247 e. The van der Waals surface area contributed by atoms with Crippen molar-refractivity contribution in [1.29, 1.82) is 0 Å². The molecule has 0 rings (SSSR count). The summed E-state index contributed by atoms with van der Waals surface area (Å²) in [6.45, 7) is 5.06. The maximum Gasteiger partial charge on any atom is 0.188 e. The lowest BCUT2D eigenvalue weighted by Crippen LogP contribution is -2.08. The summed E-state index contributed by atoms with van der Waals surface area (Å²) in [5.74, 6) is 0. The van der Waals surface area contributed by atoms with Gasteiger partial charge < -0.3 is 0 Å². The van der Waals surface area contributed by atoms with Gasteiger partial charge in [0.25, 0.3) is 0 Å². The van der Waals surface area contributed by atoms with E-state index in [9.17, 15) is 8.42 Å². The summed E-state index contributed by atoms with van der Waals surface area (Å²) in [4.78, 5) is 3.86. The second kappa shape index (κ2) is 3.67. The third kappa shape index (κ3) is 3.93. The van der Waals surface area contributed by atoms with Crippen LogP contribution in [0.2, 0.25) is 0 Å². The van der Waals surface area contributed by atoms with Crippen LogP contribution in [-0.4, -0.2) is 19.7 Å². The van der Waals surface area contributed by atoms with Crippen molar-refractivity contribution >= 4 is 14.9 Å². The molecule has 0 aliphatic heterocycles. The molecule has 0 amide bonds. The van der Waals surface area contributed by atoms with Crippen molar-refractivity contribution in [2.24, 2.45) is 4.99 Å². The first-order valence-corrected chi connectivity index (χ1v) is 5.15. The molecular weight excluding hydrogens is 162 g/mol. The SMILES string of the molecule is C/C=C(C)\N=C(/C)S(C)(=O)=O.